The number of imidazole rings is 1. The molecule has 0 radical (unpaired) electrons. The Morgan fingerprint density at radius 3 is 2.55 bits per heavy atom. The molecule has 110 valence electrons. The van der Waals surface area contributed by atoms with Crippen LogP contribution in [0.25, 0.3) is 11.0 Å². The third-order valence-electron chi connectivity index (χ3n) is 3.30. The summed E-state index contributed by atoms with van der Waals surface area (Å²) in [5, 5.41) is 2.79. The molecule has 2 heterocycles. The number of hydrogen-bond donors (Lipinski definition) is 2. The summed E-state index contributed by atoms with van der Waals surface area (Å²) >= 11 is 0. The topological polar surface area (TPSA) is 85.8 Å². The van der Waals surface area contributed by atoms with Crippen LogP contribution in [-0.4, -0.2) is 27.0 Å². The summed E-state index contributed by atoms with van der Waals surface area (Å²) in [5.41, 5.74) is 9.66. The van der Waals surface area contributed by atoms with Gasteiger partial charge in [0.25, 0.3) is 0 Å². The summed E-state index contributed by atoms with van der Waals surface area (Å²) in [6.07, 6.45) is 0. The van der Waals surface area contributed by atoms with Crippen LogP contribution in [0.1, 0.15) is 24.0 Å². The van der Waals surface area contributed by atoms with Gasteiger partial charge in [-0.2, -0.15) is 0 Å². The fourth-order valence-electron chi connectivity index (χ4n) is 2.23. The number of carbonyl (C=O) groups excluding carboxylic acids is 1. The smallest absolute Gasteiger partial charge is 0.216 e. The highest BCUT2D eigenvalue weighted by atomic mass is 35.5. The summed E-state index contributed by atoms with van der Waals surface area (Å²) in [4.78, 5) is 19.7. The van der Waals surface area contributed by atoms with Gasteiger partial charge in [-0.1, -0.05) is 0 Å². The van der Waals surface area contributed by atoms with Gasteiger partial charge in [-0.25, -0.2) is 9.97 Å². The monoisotopic (exact) mass is 297 g/mol. The highest BCUT2D eigenvalue weighted by Gasteiger charge is 2.15. The Hall–Kier alpha value is -1.82. The van der Waals surface area contributed by atoms with E-state index in [1.165, 1.54) is 6.92 Å². The fraction of sp³-hybridized carbons (Fsp3) is 0.462. The van der Waals surface area contributed by atoms with E-state index in [-0.39, 0.29) is 18.3 Å². The molecule has 0 bridgehead atoms. The molecule has 0 spiro atoms. The van der Waals surface area contributed by atoms with Crippen molar-refractivity contribution < 1.29 is 4.79 Å². The molecule has 2 aromatic heterocycles. The molecular weight excluding hydrogens is 278 g/mol. The summed E-state index contributed by atoms with van der Waals surface area (Å²) < 4.78 is 2.08. The Morgan fingerprint density at radius 2 is 1.95 bits per heavy atom. The second-order valence-electron chi connectivity index (χ2n) is 4.70. The van der Waals surface area contributed by atoms with Gasteiger partial charge < -0.3 is 15.6 Å². The van der Waals surface area contributed by atoms with Gasteiger partial charge >= 0.3 is 0 Å². The lowest BCUT2D eigenvalue weighted by atomic mass is 10.2. The first-order valence-corrected chi connectivity index (χ1v) is 6.25. The number of hydrogen-bond acceptors (Lipinski definition) is 4. The third-order valence-corrected chi connectivity index (χ3v) is 3.30. The number of pyridine rings is 1. The molecule has 6 nitrogen and oxygen atoms in total. The van der Waals surface area contributed by atoms with Crippen LogP contribution in [-0.2, 0) is 11.3 Å². The highest BCUT2D eigenvalue weighted by Crippen LogP contribution is 2.25. The molecule has 0 aliphatic heterocycles. The Kier molecular flexibility index (Phi) is 4.94. The van der Waals surface area contributed by atoms with Crippen LogP contribution in [0.5, 0.6) is 0 Å². The molecule has 7 heteroatoms. The van der Waals surface area contributed by atoms with E-state index in [4.69, 9.17) is 5.73 Å². The van der Waals surface area contributed by atoms with Crippen molar-refractivity contribution in [3.8, 4) is 0 Å². The minimum Gasteiger partial charge on any atom is -0.382 e. The largest absolute Gasteiger partial charge is 0.382 e. The molecule has 2 rings (SSSR count). The first kappa shape index (κ1) is 16.2. The zero-order valence-electron chi connectivity index (χ0n) is 12.1. The Bertz CT molecular complexity index is 650. The Morgan fingerprint density at radius 1 is 1.30 bits per heavy atom. The number of fused-ring (bicyclic) bond motifs is 1. The summed E-state index contributed by atoms with van der Waals surface area (Å²) in [6, 6.07) is 0. The van der Waals surface area contributed by atoms with Gasteiger partial charge in [-0.05, 0) is 26.3 Å². The normalized spacial score (nSPS) is 10.4. The molecule has 0 aromatic carbocycles. The van der Waals surface area contributed by atoms with Crippen LogP contribution < -0.4 is 11.1 Å². The molecule has 0 atom stereocenters. The quantitative estimate of drug-likeness (QED) is 0.899. The van der Waals surface area contributed by atoms with Crippen molar-refractivity contribution in [3.05, 3.63) is 17.1 Å². The van der Waals surface area contributed by atoms with Crippen molar-refractivity contribution in [2.75, 3.05) is 12.3 Å². The highest BCUT2D eigenvalue weighted by molar-refractivity contribution is 5.88. The van der Waals surface area contributed by atoms with Crippen LogP contribution in [0.4, 0.5) is 5.82 Å². The Labute approximate surface area is 124 Å². The number of nitrogens with zero attached hydrogens (tertiary/aromatic N) is 3. The maximum Gasteiger partial charge on any atom is 0.216 e. The lowest BCUT2D eigenvalue weighted by Crippen LogP contribution is -2.24. The lowest BCUT2D eigenvalue weighted by molar-refractivity contribution is -0.118. The standard InChI is InChI=1S/C13H19N5O.ClH/c1-7-8(2)16-13(14)11-12(7)18(9(3)17-11)6-5-15-10(4)19;/h5-6H2,1-4H3,(H2,14,16)(H,15,19);1H. The fourth-order valence-corrected chi connectivity index (χ4v) is 2.23. The van der Waals surface area contributed by atoms with E-state index in [2.05, 4.69) is 19.9 Å². The zero-order valence-corrected chi connectivity index (χ0v) is 13.0. The predicted octanol–water partition coefficient (Wildman–Crippen LogP) is 1.50. The number of rotatable bonds is 3. The number of aryl methyl sites for hydroxylation is 3. The van der Waals surface area contributed by atoms with E-state index >= 15 is 0 Å². The molecule has 0 aliphatic rings. The van der Waals surface area contributed by atoms with Gasteiger partial charge in [0.05, 0.1) is 5.52 Å². The SMILES string of the molecule is CC(=O)NCCn1c(C)nc2c(N)nc(C)c(C)c21.Cl. The van der Waals surface area contributed by atoms with E-state index in [0.29, 0.717) is 18.9 Å². The van der Waals surface area contributed by atoms with Crippen LogP contribution in [0.3, 0.4) is 0 Å². The number of nitrogens with one attached hydrogen (secondary N) is 1. The van der Waals surface area contributed by atoms with Crippen LogP contribution >= 0.6 is 12.4 Å². The second-order valence-corrected chi connectivity index (χ2v) is 4.70. The van der Waals surface area contributed by atoms with Crippen molar-refractivity contribution in [2.45, 2.75) is 34.2 Å². The average molecular weight is 298 g/mol. The molecule has 20 heavy (non-hydrogen) atoms. The maximum absolute atomic E-state index is 10.9. The number of aromatic nitrogens is 3. The van der Waals surface area contributed by atoms with Crippen molar-refractivity contribution in [3.63, 3.8) is 0 Å². The van der Waals surface area contributed by atoms with Crippen LogP contribution in [0, 0.1) is 20.8 Å². The van der Waals surface area contributed by atoms with Crippen molar-refractivity contribution in [1.82, 2.24) is 19.9 Å². The average Bonchev–Trinajstić information content (AvgIpc) is 2.64. The van der Waals surface area contributed by atoms with E-state index in [9.17, 15) is 4.79 Å². The van der Waals surface area contributed by atoms with Crippen molar-refractivity contribution >= 4 is 35.2 Å². The molecule has 1 amide bonds. The van der Waals surface area contributed by atoms with Crippen LogP contribution in [0.2, 0.25) is 0 Å². The predicted molar refractivity (Wildman–Crippen MR) is 82.1 cm³/mol. The number of halogens is 1. The molecule has 0 saturated heterocycles. The summed E-state index contributed by atoms with van der Waals surface area (Å²) in [7, 11) is 0. The van der Waals surface area contributed by atoms with E-state index in [1.54, 1.807) is 0 Å². The molecule has 0 aliphatic carbocycles. The molecule has 0 fully saturated rings. The molecule has 2 aromatic rings. The zero-order chi connectivity index (χ0) is 14.2. The molecule has 0 unspecified atom stereocenters. The van der Waals surface area contributed by atoms with E-state index in [0.717, 1.165) is 28.1 Å². The maximum atomic E-state index is 10.9. The first-order chi connectivity index (χ1) is 8.91. The van der Waals surface area contributed by atoms with Gasteiger partial charge in [0.15, 0.2) is 5.82 Å². The summed E-state index contributed by atoms with van der Waals surface area (Å²) in [5.74, 6) is 1.30. The minimum atomic E-state index is -0.0313. The first-order valence-electron chi connectivity index (χ1n) is 6.25. The lowest BCUT2D eigenvalue weighted by Gasteiger charge is -2.10. The van der Waals surface area contributed by atoms with Crippen molar-refractivity contribution in [1.29, 1.82) is 0 Å². The minimum absolute atomic E-state index is 0. The van der Waals surface area contributed by atoms with Gasteiger partial charge in [-0.15, -0.1) is 12.4 Å². The Balaban J connectivity index is 0.00000200. The number of amides is 1. The number of nitrogens with two attached hydrogens (primary N) is 1. The van der Waals surface area contributed by atoms with Crippen molar-refractivity contribution in [2.24, 2.45) is 0 Å². The number of nitrogen functional groups attached to an aromatic ring is 1. The summed E-state index contributed by atoms with van der Waals surface area (Å²) in [6.45, 7) is 8.64. The number of carbonyl (C=O) groups is 1. The molecule has 3 N–H and O–H groups in total. The molecular formula is C13H20ClN5O. The van der Waals surface area contributed by atoms with Gasteiger partial charge in [-0.3, -0.25) is 4.79 Å². The van der Waals surface area contributed by atoms with E-state index in [1.807, 2.05) is 20.8 Å². The third kappa shape index (κ3) is 2.85. The van der Waals surface area contributed by atoms with Gasteiger partial charge in [0.1, 0.15) is 11.3 Å². The molecule has 0 saturated carbocycles. The number of anilines is 1. The van der Waals surface area contributed by atoms with Crippen LogP contribution in [0.15, 0.2) is 0 Å². The van der Waals surface area contributed by atoms with Gasteiger partial charge in [0.2, 0.25) is 5.91 Å². The van der Waals surface area contributed by atoms with Gasteiger partial charge in [0, 0.05) is 25.7 Å². The van der Waals surface area contributed by atoms with E-state index < -0.39 is 0 Å². The second kappa shape index (κ2) is 6.09.